The first-order chi connectivity index (χ1) is 23.8. The highest BCUT2D eigenvalue weighted by Gasteiger charge is 2.18. The summed E-state index contributed by atoms with van der Waals surface area (Å²) >= 11 is 0. The first kappa shape index (κ1) is 27.9. The van der Waals surface area contributed by atoms with Gasteiger partial charge in [-0.2, -0.15) is 0 Å². The van der Waals surface area contributed by atoms with Gasteiger partial charge in [-0.3, -0.25) is 0 Å². The number of hydrogen-bond donors (Lipinski definition) is 0. The predicted molar refractivity (Wildman–Crippen MR) is 202 cm³/mol. The molecule has 0 saturated heterocycles. The van der Waals surface area contributed by atoms with Crippen molar-refractivity contribution in [3.63, 3.8) is 0 Å². The number of fused-ring (bicyclic) bond motifs is 5. The standard InChI is InChI=1S/C46H31NO/c1-4-12-32(13-5-1)33-20-23-37(24-21-33)47(38-26-28-41-36(30-38)22-29-45-46(41)42-18-10-11-19-44(42)48-45)39-25-27-40(34-14-6-2-7-15-34)43(31-39)35-16-8-3-9-17-35/h1-31H. The summed E-state index contributed by atoms with van der Waals surface area (Å²) in [5, 5.41) is 4.65. The van der Waals surface area contributed by atoms with E-state index in [0.29, 0.717) is 0 Å². The molecule has 9 rings (SSSR count). The summed E-state index contributed by atoms with van der Waals surface area (Å²) in [6, 6.07) is 67.0. The van der Waals surface area contributed by atoms with Crippen LogP contribution in [0.5, 0.6) is 0 Å². The maximum Gasteiger partial charge on any atom is 0.136 e. The molecule has 0 spiro atoms. The van der Waals surface area contributed by atoms with Crippen LogP contribution in [0.4, 0.5) is 17.1 Å². The number of rotatable bonds is 6. The van der Waals surface area contributed by atoms with Crippen molar-refractivity contribution in [2.45, 2.75) is 0 Å². The lowest BCUT2D eigenvalue weighted by Crippen LogP contribution is -2.10. The molecule has 1 aromatic heterocycles. The molecule has 0 unspecified atom stereocenters. The average Bonchev–Trinajstić information content (AvgIpc) is 3.55. The van der Waals surface area contributed by atoms with E-state index in [1.165, 1.54) is 44.2 Å². The van der Waals surface area contributed by atoms with Crippen molar-refractivity contribution in [2.75, 3.05) is 4.90 Å². The fraction of sp³-hybridized carbons (Fsp3) is 0. The van der Waals surface area contributed by atoms with Crippen LogP contribution in [0.15, 0.2) is 192 Å². The average molecular weight is 614 g/mol. The number of hydrogen-bond acceptors (Lipinski definition) is 2. The molecule has 0 aliphatic carbocycles. The summed E-state index contributed by atoms with van der Waals surface area (Å²) in [6.07, 6.45) is 0. The number of para-hydroxylation sites is 1. The number of furan rings is 1. The fourth-order valence-electron chi connectivity index (χ4n) is 6.96. The highest BCUT2D eigenvalue weighted by molar-refractivity contribution is 6.19. The molecule has 0 radical (unpaired) electrons. The first-order valence-corrected chi connectivity index (χ1v) is 16.3. The summed E-state index contributed by atoms with van der Waals surface area (Å²) in [5.41, 5.74) is 12.3. The van der Waals surface area contributed by atoms with Crippen molar-refractivity contribution in [3.05, 3.63) is 188 Å². The van der Waals surface area contributed by atoms with Crippen LogP contribution in [0, 0.1) is 0 Å². The minimum atomic E-state index is 0.911. The molecule has 0 bridgehead atoms. The molecular weight excluding hydrogens is 583 g/mol. The third-order valence-corrected chi connectivity index (χ3v) is 9.26. The smallest absolute Gasteiger partial charge is 0.136 e. The second-order valence-corrected chi connectivity index (χ2v) is 12.2. The van der Waals surface area contributed by atoms with Crippen LogP contribution in [-0.2, 0) is 0 Å². The van der Waals surface area contributed by atoms with Gasteiger partial charge in [-0.25, -0.2) is 0 Å². The Morgan fingerprint density at radius 2 is 0.896 bits per heavy atom. The van der Waals surface area contributed by atoms with Crippen molar-refractivity contribution < 1.29 is 4.42 Å². The van der Waals surface area contributed by atoms with Crippen LogP contribution in [0.3, 0.4) is 0 Å². The van der Waals surface area contributed by atoms with E-state index in [0.717, 1.165) is 39.0 Å². The van der Waals surface area contributed by atoms with Gasteiger partial charge < -0.3 is 9.32 Å². The highest BCUT2D eigenvalue weighted by Crippen LogP contribution is 2.43. The van der Waals surface area contributed by atoms with Gasteiger partial charge in [0.1, 0.15) is 11.2 Å². The van der Waals surface area contributed by atoms with Crippen molar-refractivity contribution in [1.82, 2.24) is 0 Å². The molecule has 0 aliphatic heterocycles. The zero-order valence-corrected chi connectivity index (χ0v) is 26.3. The molecule has 0 amide bonds. The van der Waals surface area contributed by atoms with E-state index in [1.807, 2.05) is 12.1 Å². The number of anilines is 3. The fourth-order valence-corrected chi connectivity index (χ4v) is 6.96. The topological polar surface area (TPSA) is 16.4 Å². The molecule has 1 heterocycles. The molecule has 2 nitrogen and oxygen atoms in total. The Bertz CT molecular complexity index is 2530. The first-order valence-electron chi connectivity index (χ1n) is 16.3. The number of benzene rings is 8. The zero-order valence-electron chi connectivity index (χ0n) is 26.3. The van der Waals surface area contributed by atoms with Gasteiger partial charge in [0.15, 0.2) is 0 Å². The Balaban J connectivity index is 1.24. The zero-order chi connectivity index (χ0) is 31.9. The van der Waals surface area contributed by atoms with Gasteiger partial charge in [0.05, 0.1) is 0 Å². The highest BCUT2D eigenvalue weighted by atomic mass is 16.3. The molecule has 0 atom stereocenters. The van der Waals surface area contributed by atoms with Crippen LogP contribution >= 0.6 is 0 Å². The summed E-state index contributed by atoms with van der Waals surface area (Å²) in [4.78, 5) is 2.37. The minimum Gasteiger partial charge on any atom is -0.456 e. The normalized spacial score (nSPS) is 11.3. The Morgan fingerprint density at radius 3 is 1.62 bits per heavy atom. The maximum absolute atomic E-state index is 6.22. The lowest BCUT2D eigenvalue weighted by molar-refractivity contribution is 0.669. The van der Waals surface area contributed by atoms with Crippen LogP contribution in [-0.4, -0.2) is 0 Å². The molecule has 0 N–H and O–H groups in total. The molecule has 2 heteroatoms. The quantitative estimate of drug-likeness (QED) is 0.185. The van der Waals surface area contributed by atoms with Crippen LogP contribution in [0.1, 0.15) is 0 Å². The van der Waals surface area contributed by atoms with E-state index >= 15 is 0 Å². The van der Waals surface area contributed by atoms with E-state index < -0.39 is 0 Å². The Morgan fingerprint density at radius 1 is 0.333 bits per heavy atom. The molecular formula is C46H31NO. The van der Waals surface area contributed by atoms with Gasteiger partial charge in [0.2, 0.25) is 0 Å². The van der Waals surface area contributed by atoms with Gasteiger partial charge in [-0.1, -0.05) is 140 Å². The predicted octanol–water partition coefficient (Wildman–Crippen LogP) is 13.2. The monoisotopic (exact) mass is 613 g/mol. The van der Waals surface area contributed by atoms with Gasteiger partial charge in [-0.05, 0) is 92.7 Å². The van der Waals surface area contributed by atoms with E-state index in [1.54, 1.807) is 0 Å². The minimum absolute atomic E-state index is 0.911. The Labute approximate surface area is 279 Å². The molecule has 8 aromatic carbocycles. The van der Waals surface area contributed by atoms with Crippen molar-refractivity contribution in [3.8, 4) is 33.4 Å². The van der Waals surface area contributed by atoms with E-state index in [9.17, 15) is 0 Å². The van der Waals surface area contributed by atoms with Gasteiger partial charge in [-0.15, -0.1) is 0 Å². The molecule has 0 fully saturated rings. The van der Waals surface area contributed by atoms with Gasteiger partial charge in [0.25, 0.3) is 0 Å². The third kappa shape index (κ3) is 4.92. The van der Waals surface area contributed by atoms with Crippen molar-refractivity contribution >= 4 is 49.8 Å². The second-order valence-electron chi connectivity index (χ2n) is 12.2. The van der Waals surface area contributed by atoms with Crippen LogP contribution in [0.2, 0.25) is 0 Å². The summed E-state index contributed by atoms with van der Waals surface area (Å²) in [7, 11) is 0. The molecule has 48 heavy (non-hydrogen) atoms. The summed E-state index contributed by atoms with van der Waals surface area (Å²) < 4.78 is 6.22. The van der Waals surface area contributed by atoms with Crippen LogP contribution in [0.25, 0.3) is 66.1 Å². The lowest BCUT2D eigenvalue weighted by Gasteiger charge is -2.27. The molecule has 0 aliphatic rings. The Kier molecular flexibility index (Phi) is 6.84. The third-order valence-electron chi connectivity index (χ3n) is 9.26. The Hall–Kier alpha value is -6.38. The van der Waals surface area contributed by atoms with Gasteiger partial charge in [0, 0.05) is 27.8 Å². The SMILES string of the molecule is c1ccc(-c2ccc(N(c3ccc(-c4ccccc4)c(-c4ccccc4)c3)c3ccc4c(ccc5oc6ccccc6c54)c3)cc2)cc1. The van der Waals surface area contributed by atoms with E-state index in [4.69, 9.17) is 4.42 Å². The van der Waals surface area contributed by atoms with E-state index in [2.05, 4.69) is 181 Å². The van der Waals surface area contributed by atoms with E-state index in [-0.39, 0.29) is 0 Å². The number of nitrogens with zero attached hydrogens (tertiary/aromatic N) is 1. The molecule has 226 valence electrons. The molecule has 9 aromatic rings. The van der Waals surface area contributed by atoms with Gasteiger partial charge >= 0.3 is 0 Å². The van der Waals surface area contributed by atoms with Crippen LogP contribution < -0.4 is 4.90 Å². The summed E-state index contributed by atoms with van der Waals surface area (Å²) in [6.45, 7) is 0. The second kappa shape index (κ2) is 11.8. The maximum atomic E-state index is 6.22. The van der Waals surface area contributed by atoms with Crippen molar-refractivity contribution in [1.29, 1.82) is 0 Å². The van der Waals surface area contributed by atoms with Crippen molar-refractivity contribution in [2.24, 2.45) is 0 Å². The lowest BCUT2D eigenvalue weighted by atomic mass is 9.93. The summed E-state index contributed by atoms with van der Waals surface area (Å²) in [5.74, 6) is 0. The largest absolute Gasteiger partial charge is 0.456 e. The molecule has 0 saturated carbocycles.